The largest absolute Gasteiger partial charge is 0.0851 e. The Morgan fingerprint density at radius 2 is 1.76 bits per heavy atom. The Bertz CT molecular complexity index is 642. The van der Waals surface area contributed by atoms with Crippen molar-refractivity contribution in [1.29, 1.82) is 0 Å². The summed E-state index contributed by atoms with van der Waals surface area (Å²) < 4.78 is 0. The molecule has 0 aliphatic heterocycles. The van der Waals surface area contributed by atoms with Gasteiger partial charge in [-0.3, -0.25) is 0 Å². The van der Waals surface area contributed by atoms with Gasteiger partial charge in [-0.25, -0.2) is 0 Å². The summed E-state index contributed by atoms with van der Waals surface area (Å²) in [5.74, 6) is 0.753. The van der Waals surface area contributed by atoms with E-state index in [1.807, 2.05) is 0 Å². The van der Waals surface area contributed by atoms with E-state index in [4.69, 9.17) is 6.58 Å². The van der Waals surface area contributed by atoms with Gasteiger partial charge in [0.05, 0.1) is 0 Å². The summed E-state index contributed by atoms with van der Waals surface area (Å²) in [6.45, 7) is 8.27. The van der Waals surface area contributed by atoms with Crippen LogP contribution in [0.25, 0.3) is 16.3 Å². The van der Waals surface area contributed by atoms with Gasteiger partial charge in [-0.15, -0.1) is 0 Å². The number of allylic oxidation sites excluding steroid dienone is 3. The second-order valence-corrected chi connectivity index (χ2v) is 6.07. The molecule has 0 spiro atoms. The van der Waals surface area contributed by atoms with Crippen LogP contribution < -0.4 is 0 Å². The van der Waals surface area contributed by atoms with E-state index >= 15 is 0 Å². The predicted molar refractivity (Wildman–Crippen MR) is 90.9 cm³/mol. The first kappa shape index (κ1) is 14.1. The third-order valence-electron chi connectivity index (χ3n) is 4.48. The molecule has 21 heavy (non-hydrogen) atoms. The molecule has 106 valence electrons. The van der Waals surface area contributed by atoms with Gasteiger partial charge in [0.25, 0.3) is 0 Å². The molecule has 0 N–H and O–H groups in total. The molecule has 0 bridgehead atoms. The molecule has 0 atom stereocenters. The van der Waals surface area contributed by atoms with Crippen molar-refractivity contribution in [3.63, 3.8) is 0 Å². The molecule has 0 nitrogen and oxygen atoms in total. The second-order valence-electron chi connectivity index (χ2n) is 6.07. The van der Waals surface area contributed by atoms with E-state index in [-0.39, 0.29) is 0 Å². The minimum Gasteiger partial charge on any atom is -0.0851 e. The Balaban J connectivity index is 1.64. The van der Waals surface area contributed by atoms with Crippen molar-refractivity contribution in [1.82, 2.24) is 0 Å². The first-order chi connectivity index (χ1) is 10.3. The molecule has 2 aromatic rings. The lowest BCUT2D eigenvalue weighted by molar-refractivity contribution is 0.419. The number of benzene rings is 2. The van der Waals surface area contributed by atoms with E-state index in [9.17, 15) is 0 Å². The Kier molecular flexibility index (Phi) is 4.55. The van der Waals surface area contributed by atoms with Crippen LogP contribution in [0.3, 0.4) is 0 Å². The van der Waals surface area contributed by atoms with Crippen molar-refractivity contribution in [2.45, 2.75) is 38.5 Å². The van der Waals surface area contributed by atoms with Gasteiger partial charge in [0.1, 0.15) is 0 Å². The van der Waals surface area contributed by atoms with Gasteiger partial charge in [0.15, 0.2) is 0 Å². The molecule has 0 heterocycles. The Morgan fingerprint density at radius 3 is 2.57 bits per heavy atom. The van der Waals surface area contributed by atoms with E-state index in [1.165, 1.54) is 42.9 Å². The van der Waals surface area contributed by atoms with Crippen LogP contribution in [0.15, 0.2) is 54.6 Å². The van der Waals surface area contributed by atoms with Crippen LogP contribution >= 0.6 is 0 Å². The second kappa shape index (κ2) is 6.76. The molecule has 0 unspecified atom stereocenters. The van der Waals surface area contributed by atoms with Crippen molar-refractivity contribution in [3.8, 4) is 0 Å². The summed E-state index contributed by atoms with van der Waals surface area (Å²) >= 11 is 0. The summed E-state index contributed by atoms with van der Waals surface area (Å²) in [6.07, 6.45) is 12.1. The maximum atomic E-state index is 8.27. The Hall–Kier alpha value is -1.82. The van der Waals surface area contributed by atoms with Crippen molar-refractivity contribution in [2.24, 2.45) is 5.92 Å². The van der Waals surface area contributed by atoms with Crippen molar-refractivity contribution in [2.75, 3.05) is 0 Å². The monoisotopic (exact) mass is 274 g/mol. The van der Waals surface area contributed by atoms with Crippen LogP contribution in [0.2, 0.25) is 0 Å². The lowest BCUT2D eigenvalue weighted by Crippen LogP contribution is -2.02. The molecule has 1 aliphatic carbocycles. The molecule has 1 fully saturated rings. The third kappa shape index (κ3) is 3.64. The van der Waals surface area contributed by atoms with Crippen molar-refractivity contribution < 1.29 is 0 Å². The average Bonchev–Trinajstić information content (AvgIpc) is 2.55. The zero-order valence-electron chi connectivity index (χ0n) is 12.5. The summed E-state index contributed by atoms with van der Waals surface area (Å²) in [6, 6.07) is 14.7. The molecular formula is C21H22. The van der Waals surface area contributed by atoms with E-state index in [0.29, 0.717) is 5.57 Å². The fourth-order valence-corrected chi connectivity index (χ4v) is 3.20. The smallest absolute Gasteiger partial charge is 0.00513 e. The molecule has 2 radical (unpaired) electrons. The fourth-order valence-electron chi connectivity index (χ4n) is 3.20. The normalized spacial score (nSPS) is 16.6. The van der Waals surface area contributed by atoms with E-state index in [0.717, 1.165) is 17.9 Å². The first-order valence-electron chi connectivity index (χ1n) is 8.06. The summed E-state index contributed by atoms with van der Waals surface area (Å²) in [7, 11) is 0. The van der Waals surface area contributed by atoms with E-state index in [2.05, 4.69) is 54.6 Å². The van der Waals surface area contributed by atoms with Crippen LogP contribution in [0.5, 0.6) is 0 Å². The van der Waals surface area contributed by atoms with E-state index in [1.54, 1.807) is 0 Å². The number of hydrogen-bond donors (Lipinski definition) is 0. The molecule has 2 aromatic carbocycles. The quantitative estimate of drug-likeness (QED) is 0.594. The predicted octanol–water partition coefficient (Wildman–Crippen LogP) is 6.06. The van der Waals surface area contributed by atoms with Gasteiger partial charge in [0.2, 0.25) is 0 Å². The van der Waals surface area contributed by atoms with Crippen LogP contribution in [-0.4, -0.2) is 0 Å². The summed E-state index contributed by atoms with van der Waals surface area (Å²) in [4.78, 5) is 0. The first-order valence-corrected chi connectivity index (χ1v) is 8.06. The van der Waals surface area contributed by atoms with Gasteiger partial charge in [-0.2, -0.15) is 0 Å². The molecule has 0 heteroatoms. The van der Waals surface area contributed by atoms with Gasteiger partial charge < -0.3 is 0 Å². The highest BCUT2D eigenvalue weighted by molar-refractivity contribution is 5.85. The van der Waals surface area contributed by atoms with Gasteiger partial charge in [-0.1, -0.05) is 67.8 Å². The van der Waals surface area contributed by atoms with Crippen LogP contribution in [-0.2, 0) is 0 Å². The highest BCUT2D eigenvalue weighted by Gasteiger charge is 2.09. The minimum absolute atomic E-state index is 0.716. The zero-order chi connectivity index (χ0) is 14.5. The summed E-state index contributed by atoms with van der Waals surface area (Å²) in [5.41, 5.74) is 1.76. The maximum absolute atomic E-state index is 8.27. The Morgan fingerprint density at radius 1 is 1.00 bits per heavy atom. The lowest BCUT2D eigenvalue weighted by atomic mass is 9.88. The van der Waals surface area contributed by atoms with Crippen molar-refractivity contribution >= 4 is 16.3 Å². The van der Waals surface area contributed by atoms with Crippen LogP contribution in [0.1, 0.15) is 44.1 Å². The highest BCUT2D eigenvalue weighted by atomic mass is 14.1. The SMILES string of the molecule is [C]=C(C/C=C/C1CCCCC1)c1ccc2ccccc2c1. The van der Waals surface area contributed by atoms with Gasteiger partial charge in [0, 0.05) is 0 Å². The third-order valence-corrected chi connectivity index (χ3v) is 4.48. The molecule has 0 amide bonds. The molecular weight excluding hydrogens is 252 g/mol. The average molecular weight is 274 g/mol. The number of rotatable bonds is 4. The van der Waals surface area contributed by atoms with E-state index < -0.39 is 0 Å². The Labute approximate surface area is 128 Å². The molecule has 3 rings (SSSR count). The molecule has 0 saturated heterocycles. The molecule has 1 saturated carbocycles. The molecule has 1 aliphatic rings. The van der Waals surface area contributed by atoms with Crippen molar-refractivity contribution in [3.05, 3.63) is 66.8 Å². The number of hydrogen-bond acceptors (Lipinski definition) is 0. The zero-order valence-corrected chi connectivity index (χ0v) is 12.5. The number of fused-ring (bicyclic) bond motifs is 1. The van der Waals surface area contributed by atoms with Crippen LogP contribution in [0, 0.1) is 12.5 Å². The fraction of sp³-hybridized carbons (Fsp3) is 0.333. The maximum Gasteiger partial charge on any atom is -0.00513 e. The molecule has 0 aromatic heterocycles. The van der Waals surface area contributed by atoms with Crippen LogP contribution in [0.4, 0.5) is 0 Å². The van der Waals surface area contributed by atoms with Gasteiger partial charge >= 0.3 is 0 Å². The summed E-state index contributed by atoms with van der Waals surface area (Å²) in [5, 5.41) is 2.46. The lowest BCUT2D eigenvalue weighted by Gasteiger charge is -2.17. The topological polar surface area (TPSA) is 0 Å². The standard InChI is InChI=1S/C21H22/c1-17(8-7-11-18-9-3-2-4-10-18)20-15-14-19-12-5-6-13-21(19)16-20/h5-7,11-16,18H,2-4,8-10H2/b11-7+. The van der Waals surface area contributed by atoms with Gasteiger partial charge in [-0.05, 0) is 59.7 Å². The minimum atomic E-state index is 0.716. The highest BCUT2D eigenvalue weighted by Crippen LogP contribution is 2.26.